The van der Waals surface area contributed by atoms with E-state index in [1.165, 1.54) is 65.6 Å². The van der Waals surface area contributed by atoms with Gasteiger partial charge in [0.1, 0.15) is 0 Å². The van der Waals surface area contributed by atoms with E-state index in [1.54, 1.807) is 0 Å². The molecule has 1 saturated carbocycles. The van der Waals surface area contributed by atoms with E-state index in [4.69, 9.17) is 5.10 Å². The molecule has 5 nitrogen and oxygen atoms in total. The second kappa shape index (κ2) is 13.1. The summed E-state index contributed by atoms with van der Waals surface area (Å²) in [4.78, 5) is 5.14. The lowest BCUT2D eigenvalue weighted by Crippen LogP contribution is -2.48. The number of aryl methyl sites for hydroxylation is 1. The van der Waals surface area contributed by atoms with Gasteiger partial charge >= 0.3 is 0 Å². The quantitative estimate of drug-likeness (QED) is 0.227. The van der Waals surface area contributed by atoms with Gasteiger partial charge in [-0.2, -0.15) is 5.10 Å². The van der Waals surface area contributed by atoms with Gasteiger partial charge in [0.2, 0.25) is 0 Å². The van der Waals surface area contributed by atoms with Crippen molar-refractivity contribution >= 4 is 5.69 Å². The molecule has 6 rings (SSSR count). The van der Waals surface area contributed by atoms with Gasteiger partial charge in [-0.15, -0.1) is 0 Å². The first-order valence-corrected chi connectivity index (χ1v) is 15.6. The minimum absolute atomic E-state index is 0.699. The third kappa shape index (κ3) is 6.58. The summed E-state index contributed by atoms with van der Waals surface area (Å²) in [6, 6.07) is 26.4. The number of nitrogens with zero attached hydrogens (tertiary/aromatic N) is 4. The fraction of sp³-hybridized carbons (Fsp3) is 0.417. The van der Waals surface area contributed by atoms with Crippen molar-refractivity contribution in [3.05, 3.63) is 101 Å². The molecular weight excluding hydrogens is 502 g/mol. The Morgan fingerprint density at radius 1 is 0.829 bits per heavy atom. The molecule has 1 aliphatic heterocycles. The van der Waals surface area contributed by atoms with Crippen LogP contribution >= 0.6 is 0 Å². The van der Waals surface area contributed by atoms with Crippen molar-refractivity contribution < 1.29 is 0 Å². The summed E-state index contributed by atoms with van der Waals surface area (Å²) in [6.07, 6.45) is 8.96. The van der Waals surface area contributed by atoms with Gasteiger partial charge in [0.05, 0.1) is 11.4 Å². The maximum atomic E-state index is 5.08. The Balaban J connectivity index is 1.10. The molecule has 0 unspecified atom stereocenters. The Bertz CT molecular complexity index is 1410. The van der Waals surface area contributed by atoms with E-state index in [0.717, 1.165) is 57.2 Å². The van der Waals surface area contributed by atoms with Gasteiger partial charge < -0.3 is 10.2 Å². The predicted molar refractivity (Wildman–Crippen MR) is 171 cm³/mol. The summed E-state index contributed by atoms with van der Waals surface area (Å²) in [5, 5.41) is 8.81. The van der Waals surface area contributed by atoms with Crippen molar-refractivity contribution in [1.29, 1.82) is 0 Å². The fourth-order valence-electron chi connectivity index (χ4n) is 6.62. The van der Waals surface area contributed by atoms with Gasteiger partial charge in [-0.1, -0.05) is 73.9 Å². The van der Waals surface area contributed by atoms with Crippen LogP contribution in [0.15, 0.2) is 79.0 Å². The molecular formula is C36H45N5. The van der Waals surface area contributed by atoms with Crippen LogP contribution in [0.3, 0.4) is 0 Å². The number of para-hydroxylation sites is 1. The standard InChI is InChI=1S/C36H45N5/c1-28-11-9-18-36(29(28)2)40-23-21-39(22-24-40)20-19-37-26-35-34(27-41(38-35)33-16-7-4-8-17-33)32-15-10-14-31(25-32)30-12-5-3-6-13-30/h4,7-11,14-18,25,27,30,37H,3,5-6,12-13,19-24,26H2,1-2H3. The Labute approximate surface area is 246 Å². The van der Waals surface area contributed by atoms with E-state index in [9.17, 15) is 0 Å². The topological polar surface area (TPSA) is 36.3 Å². The van der Waals surface area contributed by atoms with Crippen LogP contribution in [0.25, 0.3) is 16.8 Å². The van der Waals surface area contributed by atoms with Gasteiger partial charge in [-0.3, -0.25) is 4.90 Å². The zero-order chi connectivity index (χ0) is 28.0. The Morgan fingerprint density at radius 2 is 1.61 bits per heavy atom. The first kappa shape index (κ1) is 27.7. The molecule has 41 heavy (non-hydrogen) atoms. The molecule has 2 aliphatic rings. The summed E-state index contributed by atoms with van der Waals surface area (Å²) in [7, 11) is 0. The van der Waals surface area contributed by atoms with Crippen LogP contribution in [0.2, 0.25) is 0 Å². The summed E-state index contributed by atoms with van der Waals surface area (Å²) < 4.78 is 2.05. The molecule has 1 N–H and O–H groups in total. The Kier molecular flexibility index (Phi) is 8.83. The molecule has 0 radical (unpaired) electrons. The average molecular weight is 548 g/mol. The number of aromatic nitrogens is 2. The molecule has 5 heteroatoms. The second-order valence-electron chi connectivity index (χ2n) is 12.0. The maximum absolute atomic E-state index is 5.08. The van der Waals surface area contributed by atoms with Crippen LogP contribution in [-0.2, 0) is 6.54 Å². The first-order valence-electron chi connectivity index (χ1n) is 15.6. The van der Waals surface area contributed by atoms with E-state index in [1.807, 2.05) is 4.68 Å². The monoisotopic (exact) mass is 547 g/mol. The second-order valence-corrected chi connectivity index (χ2v) is 12.0. The highest BCUT2D eigenvalue weighted by molar-refractivity contribution is 5.67. The molecule has 3 aromatic carbocycles. The molecule has 2 heterocycles. The van der Waals surface area contributed by atoms with Crippen molar-refractivity contribution in [3.8, 4) is 16.8 Å². The maximum Gasteiger partial charge on any atom is 0.0845 e. The number of nitrogens with one attached hydrogen (secondary N) is 1. The molecule has 0 spiro atoms. The van der Waals surface area contributed by atoms with Gasteiger partial charge in [0.15, 0.2) is 0 Å². The molecule has 0 amide bonds. The van der Waals surface area contributed by atoms with E-state index >= 15 is 0 Å². The Morgan fingerprint density at radius 3 is 2.41 bits per heavy atom. The highest BCUT2D eigenvalue weighted by Gasteiger charge is 2.20. The van der Waals surface area contributed by atoms with Crippen LogP contribution < -0.4 is 10.2 Å². The van der Waals surface area contributed by atoms with Crippen LogP contribution in [0.4, 0.5) is 5.69 Å². The lowest BCUT2D eigenvalue weighted by atomic mass is 9.83. The van der Waals surface area contributed by atoms with Crippen molar-refractivity contribution in [2.75, 3.05) is 44.2 Å². The molecule has 1 saturated heterocycles. The lowest BCUT2D eigenvalue weighted by Gasteiger charge is -2.37. The third-order valence-electron chi connectivity index (χ3n) is 9.27. The smallest absolute Gasteiger partial charge is 0.0845 e. The van der Waals surface area contributed by atoms with Gasteiger partial charge in [0.25, 0.3) is 0 Å². The summed E-state index contributed by atoms with van der Waals surface area (Å²) in [5.41, 5.74) is 10.4. The molecule has 0 atom stereocenters. The van der Waals surface area contributed by atoms with E-state index in [0.29, 0.717) is 5.92 Å². The van der Waals surface area contributed by atoms with Crippen molar-refractivity contribution in [2.45, 2.75) is 58.4 Å². The van der Waals surface area contributed by atoms with Crippen LogP contribution in [0, 0.1) is 13.8 Å². The van der Waals surface area contributed by atoms with Crippen molar-refractivity contribution in [2.24, 2.45) is 0 Å². The normalized spacial score (nSPS) is 16.8. The van der Waals surface area contributed by atoms with E-state index in [2.05, 4.69) is 108 Å². The zero-order valence-corrected chi connectivity index (χ0v) is 24.9. The summed E-state index contributed by atoms with van der Waals surface area (Å²) in [5.74, 6) is 0.699. The average Bonchev–Trinajstić information content (AvgIpc) is 3.46. The number of hydrogen-bond acceptors (Lipinski definition) is 4. The summed E-state index contributed by atoms with van der Waals surface area (Å²) in [6.45, 7) is 11.7. The molecule has 0 bridgehead atoms. The lowest BCUT2D eigenvalue weighted by molar-refractivity contribution is 0.257. The molecule has 4 aromatic rings. The number of benzene rings is 3. The SMILES string of the molecule is Cc1cccc(N2CCN(CCNCc3nn(-c4ccccc4)cc3-c3cccc(C4CCCCC4)c3)CC2)c1C. The number of rotatable bonds is 9. The number of anilines is 1. The molecule has 1 aromatic heterocycles. The molecule has 1 aliphatic carbocycles. The number of hydrogen-bond donors (Lipinski definition) is 1. The van der Waals surface area contributed by atoms with Crippen LogP contribution in [0.5, 0.6) is 0 Å². The minimum Gasteiger partial charge on any atom is -0.369 e. The molecule has 214 valence electrons. The predicted octanol–water partition coefficient (Wildman–Crippen LogP) is 7.12. The minimum atomic E-state index is 0.699. The van der Waals surface area contributed by atoms with Crippen molar-refractivity contribution in [3.63, 3.8) is 0 Å². The van der Waals surface area contributed by atoms with Crippen LogP contribution in [0.1, 0.15) is 60.4 Å². The highest BCUT2D eigenvalue weighted by atomic mass is 15.3. The van der Waals surface area contributed by atoms with Gasteiger partial charge in [-0.05, 0) is 73.1 Å². The van der Waals surface area contributed by atoms with Gasteiger partial charge in [0, 0.05) is 63.3 Å². The van der Waals surface area contributed by atoms with Crippen molar-refractivity contribution in [1.82, 2.24) is 20.0 Å². The summed E-state index contributed by atoms with van der Waals surface area (Å²) >= 11 is 0. The van der Waals surface area contributed by atoms with E-state index < -0.39 is 0 Å². The largest absolute Gasteiger partial charge is 0.369 e. The first-order chi connectivity index (χ1) is 20.2. The number of piperazine rings is 1. The van der Waals surface area contributed by atoms with Gasteiger partial charge in [-0.25, -0.2) is 4.68 Å². The fourth-order valence-corrected chi connectivity index (χ4v) is 6.62. The zero-order valence-electron chi connectivity index (χ0n) is 24.9. The third-order valence-corrected chi connectivity index (χ3v) is 9.27. The highest BCUT2D eigenvalue weighted by Crippen LogP contribution is 2.35. The van der Waals surface area contributed by atoms with Crippen LogP contribution in [-0.4, -0.2) is 53.9 Å². The molecule has 2 fully saturated rings. The van der Waals surface area contributed by atoms with E-state index in [-0.39, 0.29) is 0 Å². The Hall–Kier alpha value is -3.41.